The third-order valence-electron chi connectivity index (χ3n) is 5.86. The first-order chi connectivity index (χ1) is 16.0. The van der Waals surface area contributed by atoms with Crippen LogP contribution in [-0.4, -0.2) is 56.2 Å². The fourth-order valence-electron chi connectivity index (χ4n) is 4.33. The zero-order valence-electron chi connectivity index (χ0n) is 18.7. The molecule has 0 aromatic heterocycles. The highest BCUT2D eigenvalue weighted by Crippen LogP contribution is 2.44. The van der Waals surface area contributed by atoms with Gasteiger partial charge in [0.25, 0.3) is 11.7 Å². The molecule has 0 saturated carbocycles. The van der Waals surface area contributed by atoms with E-state index >= 15 is 0 Å². The molecular formula is C26H25NO6. The van der Waals surface area contributed by atoms with Crippen molar-refractivity contribution in [3.63, 3.8) is 0 Å². The van der Waals surface area contributed by atoms with Crippen molar-refractivity contribution in [3.05, 3.63) is 77.4 Å². The minimum absolute atomic E-state index is 0.0183. The van der Waals surface area contributed by atoms with Gasteiger partial charge in [-0.15, -0.1) is 0 Å². The average molecular weight is 447 g/mol. The Balaban J connectivity index is 2.02. The lowest BCUT2D eigenvalue weighted by atomic mass is 9.91. The Bertz CT molecular complexity index is 1220. The molecule has 1 fully saturated rings. The highest BCUT2D eigenvalue weighted by atomic mass is 16.5. The van der Waals surface area contributed by atoms with Crippen LogP contribution in [0.15, 0.2) is 66.2 Å². The number of rotatable bonds is 7. The molecule has 1 saturated heterocycles. The fraction of sp³-hybridized carbons (Fsp3) is 0.231. The summed E-state index contributed by atoms with van der Waals surface area (Å²) < 4.78 is 16.0. The van der Waals surface area contributed by atoms with Gasteiger partial charge in [-0.3, -0.25) is 9.59 Å². The maximum Gasteiger partial charge on any atom is 0.295 e. The molecule has 7 nitrogen and oxygen atoms in total. The molecular weight excluding hydrogens is 422 g/mol. The number of hydrogen-bond donors (Lipinski definition) is 1. The van der Waals surface area contributed by atoms with E-state index in [1.54, 1.807) is 18.2 Å². The van der Waals surface area contributed by atoms with Gasteiger partial charge in [0.2, 0.25) is 0 Å². The number of methoxy groups -OCH3 is 3. The van der Waals surface area contributed by atoms with Crippen molar-refractivity contribution in [3.8, 4) is 11.5 Å². The SMILES string of the molecule is COCCN1C(=O)C(=O)/C(=C(/O)c2c(OC)cccc2OC)C1c1cccc2ccccc12. The van der Waals surface area contributed by atoms with E-state index in [9.17, 15) is 14.7 Å². The summed E-state index contributed by atoms with van der Waals surface area (Å²) in [6.45, 7) is 0.432. The molecule has 1 atom stereocenters. The van der Waals surface area contributed by atoms with Crippen molar-refractivity contribution in [2.24, 2.45) is 0 Å². The summed E-state index contributed by atoms with van der Waals surface area (Å²) in [7, 11) is 4.46. The summed E-state index contributed by atoms with van der Waals surface area (Å²) in [6, 6.07) is 17.6. The quantitative estimate of drug-likeness (QED) is 0.336. The average Bonchev–Trinajstić information content (AvgIpc) is 3.10. The second kappa shape index (κ2) is 9.34. The van der Waals surface area contributed by atoms with Gasteiger partial charge in [0.15, 0.2) is 0 Å². The number of hydrogen-bond acceptors (Lipinski definition) is 6. The lowest BCUT2D eigenvalue weighted by Gasteiger charge is -2.26. The third-order valence-corrected chi connectivity index (χ3v) is 5.86. The molecule has 0 aliphatic carbocycles. The van der Waals surface area contributed by atoms with Crippen LogP contribution in [0.25, 0.3) is 16.5 Å². The van der Waals surface area contributed by atoms with Crippen LogP contribution in [0.5, 0.6) is 11.5 Å². The number of amides is 1. The van der Waals surface area contributed by atoms with Gasteiger partial charge in [-0.05, 0) is 28.5 Å². The van der Waals surface area contributed by atoms with Gasteiger partial charge >= 0.3 is 0 Å². The number of Topliss-reactive ketones (excluding diaryl/α,β-unsaturated/α-hetero) is 1. The van der Waals surface area contributed by atoms with Crippen LogP contribution in [0.4, 0.5) is 0 Å². The van der Waals surface area contributed by atoms with Gasteiger partial charge in [0.05, 0.1) is 32.4 Å². The summed E-state index contributed by atoms with van der Waals surface area (Å²) in [5, 5.41) is 13.3. The van der Waals surface area contributed by atoms with E-state index < -0.39 is 17.7 Å². The van der Waals surface area contributed by atoms with Gasteiger partial charge in [-0.2, -0.15) is 0 Å². The largest absolute Gasteiger partial charge is 0.506 e. The van der Waals surface area contributed by atoms with Crippen LogP contribution in [-0.2, 0) is 14.3 Å². The summed E-state index contributed by atoms with van der Waals surface area (Å²) in [5.74, 6) is -1.16. The van der Waals surface area contributed by atoms with Crippen LogP contribution < -0.4 is 9.47 Å². The van der Waals surface area contributed by atoms with Crippen molar-refractivity contribution >= 4 is 28.2 Å². The zero-order valence-corrected chi connectivity index (χ0v) is 18.7. The zero-order chi connectivity index (χ0) is 23.5. The van der Waals surface area contributed by atoms with Crippen LogP contribution in [0.2, 0.25) is 0 Å². The number of ether oxygens (including phenoxy) is 3. The molecule has 1 N–H and O–H groups in total. The first kappa shape index (κ1) is 22.4. The number of ketones is 1. The maximum atomic E-state index is 13.3. The molecule has 0 radical (unpaired) electrons. The van der Waals surface area contributed by atoms with Gasteiger partial charge in [-0.25, -0.2) is 0 Å². The Labute approximate surface area is 191 Å². The monoisotopic (exact) mass is 447 g/mol. The van der Waals surface area contributed by atoms with Crippen LogP contribution in [0, 0.1) is 0 Å². The highest BCUT2D eigenvalue weighted by molar-refractivity contribution is 6.46. The van der Waals surface area contributed by atoms with Crippen molar-refractivity contribution in [1.29, 1.82) is 0 Å². The maximum absolute atomic E-state index is 13.3. The Hall–Kier alpha value is -3.84. The van der Waals surface area contributed by atoms with Crippen LogP contribution in [0.1, 0.15) is 17.2 Å². The van der Waals surface area contributed by atoms with E-state index in [0.717, 1.165) is 16.3 Å². The number of fused-ring (bicyclic) bond motifs is 1. The van der Waals surface area contributed by atoms with E-state index in [0.29, 0.717) is 11.5 Å². The summed E-state index contributed by atoms with van der Waals surface area (Å²) in [4.78, 5) is 27.8. The molecule has 170 valence electrons. The van der Waals surface area contributed by atoms with Gasteiger partial charge in [-0.1, -0.05) is 48.5 Å². The minimum atomic E-state index is -0.805. The molecule has 1 amide bonds. The van der Waals surface area contributed by atoms with Crippen LogP contribution >= 0.6 is 0 Å². The normalized spacial score (nSPS) is 17.5. The van der Waals surface area contributed by atoms with Gasteiger partial charge < -0.3 is 24.2 Å². The second-order valence-corrected chi connectivity index (χ2v) is 7.59. The van der Waals surface area contributed by atoms with E-state index in [4.69, 9.17) is 14.2 Å². The Morgan fingerprint density at radius 3 is 2.21 bits per heavy atom. The fourth-order valence-corrected chi connectivity index (χ4v) is 4.33. The molecule has 1 aliphatic rings. The minimum Gasteiger partial charge on any atom is -0.506 e. The molecule has 1 unspecified atom stereocenters. The number of likely N-dealkylation sites (tertiary alicyclic amines) is 1. The number of carbonyl (C=O) groups excluding carboxylic acids is 2. The highest BCUT2D eigenvalue weighted by Gasteiger charge is 2.47. The van der Waals surface area contributed by atoms with Gasteiger partial charge in [0, 0.05) is 13.7 Å². The van der Waals surface area contributed by atoms with E-state index in [1.165, 1.54) is 26.2 Å². The number of nitrogens with zero attached hydrogens (tertiary/aromatic N) is 1. The summed E-state index contributed by atoms with van der Waals surface area (Å²) in [5.41, 5.74) is 0.937. The number of aliphatic hydroxyl groups is 1. The first-order valence-corrected chi connectivity index (χ1v) is 10.5. The Morgan fingerprint density at radius 2 is 1.55 bits per heavy atom. The lowest BCUT2D eigenvalue weighted by molar-refractivity contribution is -0.140. The van der Waals surface area contributed by atoms with Crippen molar-refractivity contribution in [1.82, 2.24) is 4.90 Å². The van der Waals surface area contributed by atoms with Crippen molar-refractivity contribution in [2.75, 3.05) is 34.5 Å². The topological polar surface area (TPSA) is 85.3 Å². The van der Waals surface area contributed by atoms with E-state index in [2.05, 4.69) is 0 Å². The van der Waals surface area contributed by atoms with Crippen molar-refractivity contribution < 1.29 is 28.9 Å². The Morgan fingerprint density at radius 1 is 0.909 bits per heavy atom. The van der Waals surface area contributed by atoms with E-state index in [1.807, 2.05) is 42.5 Å². The molecule has 7 heteroatoms. The Kier molecular flexibility index (Phi) is 6.33. The number of benzene rings is 3. The molecule has 4 rings (SSSR count). The van der Waals surface area contributed by atoms with Crippen LogP contribution in [0.3, 0.4) is 0 Å². The molecule has 0 bridgehead atoms. The molecule has 33 heavy (non-hydrogen) atoms. The van der Waals surface area contributed by atoms with Gasteiger partial charge in [0.1, 0.15) is 22.8 Å². The lowest BCUT2D eigenvalue weighted by Crippen LogP contribution is -2.32. The predicted octanol–water partition coefficient (Wildman–Crippen LogP) is 3.93. The summed E-state index contributed by atoms with van der Waals surface area (Å²) in [6.07, 6.45) is 0. The molecule has 3 aromatic carbocycles. The number of aliphatic hydroxyl groups excluding tert-OH is 1. The van der Waals surface area contributed by atoms with E-state index in [-0.39, 0.29) is 30.0 Å². The second-order valence-electron chi connectivity index (χ2n) is 7.59. The first-order valence-electron chi connectivity index (χ1n) is 10.5. The molecule has 1 heterocycles. The van der Waals surface area contributed by atoms with Crippen molar-refractivity contribution in [2.45, 2.75) is 6.04 Å². The third kappa shape index (κ3) is 3.81. The summed E-state index contributed by atoms with van der Waals surface area (Å²) >= 11 is 0. The molecule has 3 aromatic rings. The molecule has 1 aliphatic heterocycles. The smallest absolute Gasteiger partial charge is 0.295 e. The number of carbonyl (C=O) groups is 2. The standard InChI is InChI=1S/C26H25NO6/c1-31-15-14-27-23(18-11-6-9-16-8-4-5-10-17(16)18)22(25(29)26(27)30)24(28)21-19(32-2)12-7-13-20(21)33-3/h4-13,23,28H,14-15H2,1-3H3/b24-22+. The predicted molar refractivity (Wildman–Crippen MR) is 124 cm³/mol. The molecule has 0 spiro atoms.